The number of aliphatic imine (C=N–C) groups is 1. The maximum atomic E-state index is 12.2. The molecule has 8 heteroatoms. The summed E-state index contributed by atoms with van der Waals surface area (Å²) in [5.41, 5.74) is 0. The van der Waals surface area contributed by atoms with E-state index >= 15 is 0 Å². The third-order valence-corrected chi connectivity index (χ3v) is 3.09. The van der Waals surface area contributed by atoms with Crippen molar-refractivity contribution in [3.8, 4) is 6.19 Å². The van der Waals surface area contributed by atoms with E-state index in [1.165, 1.54) is 16.7 Å². The normalized spacial score (nSPS) is 19.2. The summed E-state index contributed by atoms with van der Waals surface area (Å²) in [5.74, 6) is 0. The third-order valence-electron chi connectivity index (χ3n) is 2.37. The van der Waals surface area contributed by atoms with E-state index in [1.807, 2.05) is 4.90 Å². The summed E-state index contributed by atoms with van der Waals surface area (Å²) in [6, 6.07) is 0. The quantitative estimate of drug-likeness (QED) is 0.408. The molecule has 0 radical (unpaired) electrons. The Bertz CT molecular complexity index is 315. The lowest BCUT2D eigenvalue weighted by molar-refractivity contribution is -0.148. The topological polar surface area (TPSA) is 42.6 Å². The van der Waals surface area contributed by atoms with Gasteiger partial charge in [0.05, 0.1) is 6.54 Å². The van der Waals surface area contributed by atoms with Crippen LogP contribution in [-0.4, -0.2) is 60.1 Å². The fraction of sp³-hybridized carbons (Fsp3) is 0.778. The number of halogens is 3. The molecular formula is C9H13F3N4S. The Hall–Kier alpha value is -0.940. The van der Waals surface area contributed by atoms with Gasteiger partial charge in [-0.2, -0.15) is 18.4 Å². The highest BCUT2D eigenvalue weighted by molar-refractivity contribution is 8.13. The standard InChI is InChI=1S/C9H13F3N4S/c1-17-8(14-7-13)16-4-2-15(3-5-16)6-9(10,11)12/h2-6H2,1H3. The minimum atomic E-state index is -4.15. The van der Waals surface area contributed by atoms with Crippen LogP contribution in [0.5, 0.6) is 0 Å². The Balaban J connectivity index is 2.46. The molecule has 1 rings (SSSR count). The van der Waals surface area contributed by atoms with E-state index in [0.29, 0.717) is 31.3 Å². The number of alkyl halides is 3. The predicted octanol–water partition coefficient (Wildman–Crippen LogP) is 1.37. The number of hydrogen-bond donors (Lipinski definition) is 0. The molecule has 0 aliphatic carbocycles. The number of nitriles is 1. The lowest BCUT2D eigenvalue weighted by atomic mass is 10.3. The molecular weight excluding hydrogens is 253 g/mol. The Labute approximate surface area is 102 Å². The first kappa shape index (κ1) is 14.1. The molecule has 1 heterocycles. The first-order valence-electron chi connectivity index (χ1n) is 5.01. The van der Waals surface area contributed by atoms with E-state index in [4.69, 9.17) is 5.26 Å². The molecule has 0 aromatic heterocycles. The molecule has 0 bridgehead atoms. The van der Waals surface area contributed by atoms with Crippen LogP contribution in [0.2, 0.25) is 0 Å². The Morgan fingerprint density at radius 3 is 2.35 bits per heavy atom. The van der Waals surface area contributed by atoms with Gasteiger partial charge in [0.2, 0.25) is 6.19 Å². The largest absolute Gasteiger partial charge is 0.401 e. The van der Waals surface area contributed by atoms with Crippen LogP contribution in [0.25, 0.3) is 0 Å². The molecule has 0 N–H and O–H groups in total. The molecule has 0 amide bonds. The van der Waals surface area contributed by atoms with Crippen LogP contribution in [-0.2, 0) is 0 Å². The predicted molar refractivity (Wildman–Crippen MR) is 60.6 cm³/mol. The fourth-order valence-electron chi connectivity index (χ4n) is 1.64. The smallest absolute Gasteiger partial charge is 0.348 e. The van der Waals surface area contributed by atoms with Crippen molar-refractivity contribution in [3.05, 3.63) is 0 Å². The van der Waals surface area contributed by atoms with Gasteiger partial charge in [-0.3, -0.25) is 4.90 Å². The zero-order chi connectivity index (χ0) is 12.9. The average Bonchev–Trinajstić information content (AvgIpc) is 2.25. The van der Waals surface area contributed by atoms with Crippen molar-refractivity contribution in [2.75, 3.05) is 39.0 Å². The van der Waals surface area contributed by atoms with Crippen molar-refractivity contribution in [3.63, 3.8) is 0 Å². The second kappa shape index (κ2) is 6.12. The zero-order valence-corrected chi connectivity index (χ0v) is 10.2. The SMILES string of the molecule is CSC(=NC#N)N1CCN(CC(F)(F)F)CC1. The lowest BCUT2D eigenvalue weighted by Crippen LogP contribution is -2.50. The van der Waals surface area contributed by atoms with Crippen molar-refractivity contribution >= 4 is 16.9 Å². The minimum Gasteiger partial charge on any atom is -0.348 e. The van der Waals surface area contributed by atoms with Crippen LogP contribution in [0, 0.1) is 11.5 Å². The van der Waals surface area contributed by atoms with Crippen molar-refractivity contribution in [1.29, 1.82) is 5.26 Å². The molecule has 4 nitrogen and oxygen atoms in total. The summed E-state index contributed by atoms with van der Waals surface area (Å²) < 4.78 is 36.5. The Kier molecular flexibility index (Phi) is 5.08. The third kappa shape index (κ3) is 4.83. The summed E-state index contributed by atoms with van der Waals surface area (Å²) in [6.45, 7) is 0.745. The van der Waals surface area contributed by atoms with E-state index in [2.05, 4.69) is 4.99 Å². The van der Waals surface area contributed by atoms with Crippen molar-refractivity contribution < 1.29 is 13.2 Å². The van der Waals surface area contributed by atoms with Crippen LogP contribution < -0.4 is 0 Å². The van der Waals surface area contributed by atoms with Gasteiger partial charge in [-0.1, -0.05) is 11.8 Å². The zero-order valence-electron chi connectivity index (χ0n) is 9.37. The summed E-state index contributed by atoms with van der Waals surface area (Å²) >= 11 is 1.33. The van der Waals surface area contributed by atoms with Gasteiger partial charge in [0, 0.05) is 26.2 Å². The number of thioether (sulfide) groups is 1. The van der Waals surface area contributed by atoms with Gasteiger partial charge in [-0.15, -0.1) is 4.99 Å². The molecule has 0 unspecified atom stereocenters. The van der Waals surface area contributed by atoms with Gasteiger partial charge in [0.1, 0.15) is 0 Å². The minimum absolute atomic E-state index is 0.338. The molecule has 0 spiro atoms. The van der Waals surface area contributed by atoms with E-state index in [-0.39, 0.29) is 0 Å². The van der Waals surface area contributed by atoms with Gasteiger partial charge in [-0.05, 0) is 6.26 Å². The number of nitrogens with zero attached hydrogens (tertiary/aromatic N) is 4. The van der Waals surface area contributed by atoms with Crippen molar-refractivity contribution in [2.45, 2.75) is 6.18 Å². The average molecular weight is 266 g/mol. The summed E-state index contributed by atoms with van der Waals surface area (Å²) in [4.78, 5) is 6.83. The first-order valence-corrected chi connectivity index (χ1v) is 6.23. The van der Waals surface area contributed by atoms with E-state index in [1.54, 1.807) is 12.4 Å². The molecule has 1 saturated heterocycles. The van der Waals surface area contributed by atoms with Crippen molar-refractivity contribution in [2.24, 2.45) is 4.99 Å². The first-order chi connectivity index (χ1) is 7.96. The molecule has 0 aromatic rings. The van der Waals surface area contributed by atoms with E-state index < -0.39 is 12.7 Å². The molecule has 0 saturated carbocycles. The number of piperazine rings is 1. The second-order valence-corrected chi connectivity index (χ2v) is 4.35. The maximum Gasteiger partial charge on any atom is 0.401 e. The number of hydrogen-bond acceptors (Lipinski definition) is 4. The molecule has 1 aliphatic heterocycles. The molecule has 1 aliphatic rings. The Morgan fingerprint density at radius 1 is 1.35 bits per heavy atom. The molecule has 0 atom stereocenters. The fourth-order valence-corrected chi connectivity index (χ4v) is 2.21. The molecule has 0 aromatic carbocycles. The van der Waals surface area contributed by atoms with Crippen LogP contribution in [0.1, 0.15) is 0 Å². The number of rotatable bonds is 1. The van der Waals surface area contributed by atoms with Crippen LogP contribution in [0.15, 0.2) is 4.99 Å². The molecule has 17 heavy (non-hydrogen) atoms. The van der Waals surface area contributed by atoms with Gasteiger partial charge >= 0.3 is 6.18 Å². The van der Waals surface area contributed by atoms with Crippen molar-refractivity contribution in [1.82, 2.24) is 9.80 Å². The maximum absolute atomic E-state index is 12.2. The van der Waals surface area contributed by atoms with Crippen LogP contribution in [0.3, 0.4) is 0 Å². The van der Waals surface area contributed by atoms with E-state index in [9.17, 15) is 13.2 Å². The van der Waals surface area contributed by atoms with Gasteiger partial charge < -0.3 is 4.90 Å². The van der Waals surface area contributed by atoms with Crippen LogP contribution >= 0.6 is 11.8 Å². The monoisotopic (exact) mass is 266 g/mol. The van der Waals surface area contributed by atoms with Gasteiger partial charge in [0.15, 0.2) is 5.17 Å². The second-order valence-electron chi connectivity index (χ2n) is 3.58. The molecule has 1 fully saturated rings. The number of amidine groups is 1. The summed E-state index contributed by atoms with van der Waals surface area (Å²) in [7, 11) is 0. The summed E-state index contributed by atoms with van der Waals surface area (Å²) in [5, 5.41) is 9.04. The lowest BCUT2D eigenvalue weighted by Gasteiger charge is -2.35. The molecule has 96 valence electrons. The highest BCUT2D eigenvalue weighted by Crippen LogP contribution is 2.18. The highest BCUT2D eigenvalue weighted by atomic mass is 32.2. The van der Waals surface area contributed by atoms with Gasteiger partial charge in [-0.25, -0.2) is 0 Å². The van der Waals surface area contributed by atoms with Gasteiger partial charge in [0.25, 0.3) is 0 Å². The highest BCUT2D eigenvalue weighted by Gasteiger charge is 2.32. The van der Waals surface area contributed by atoms with E-state index in [0.717, 1.165) is 0 Å². The Morgan fingerprint density at radius 2 is 1.94 bits per heavy atom. The summed E-state index contributed by atoms with van der Waals surface area (Å²) in [6.07, 6.45) is -0.660. The van der Waals surface area contributed by atoms with Crippen LogP contribution in [0.4, 0.5) is 13.2 Å².